The molecular formula is C16H32N4O3. The molecule has 1 amide bonds. The molecule has 0 bridgehead atoms. The average Bonchev–Trinajstić information content (AvgIpc) is 3.03. The first kappa shape index (κ1) is 19.7. The number of amides is 1. The van der Waals surface area contributed by atoms with E-state index in [1.165, 1.54) is 0 Å². The minimum Gasteiger partial charge on any atom is -0.379 e. The van der Waals surface area contributed by atoms with Crippen LogP contribution in [0.4, 0.5) is 0 Å². The van der Waals surface area contributed by atoms with Crippen LogP contribution in [0.3, 0.4) is 0 Å². The molecule has 0 aromatic heterocycles. The van der Waals surface area contributed by atoms with E-state index in [2.05, 4.69) is 20.9 Å². The molecule has 1 saturated heterocycles. The Morgan fingerprint density at radius 3 is 2.74 bits per heavy atom. The van der Waals surface area contributed by atoms with Gasteiger partial charge in [-0.1, -0.05) is 13.8 Å². The summed E-state index contributed by atoms with van der Waals surface area (Å²) in [5, 5.41) is 9.27. The number of carbonyl (C=O) groups excluding carboxylic acids is 1. The molecule has 0 aromatic rings. The Balaban J connectivity index is 2.12. The van der Waals surface area contributed by atoms with E-state index in [4.69, 9.17) is 9.47 Å². The van der Waals surface area contributed by atoms with Gasteiger partial charge in [0.2, 0.25) is 5.91 Å². The third-order valence-electron chi connectivity index (χ3n) is 3.40. The summed E-state index contributed by atoms with van der Waals surface area (Å²) in [5.41, 5.74) is 0. The van der Waals surface area contributed by atoms with Crippen LogP contribution in [-0.2, 0) is 14.3 Å². The number of carbonyl (C=O) groups is 1. The predicted molar refractivity (Wildman–Crippen MR) is 91.6 cm³/mol. The van der Waals surface area contributed by atoms with Crippen molar-refractivity contribution in [2.75, 3.05) is 46.0 Å². The van der Waals surface area contributed by atoms with Crippen LogP contribution in [0, 0.1) is 5.92 Å². The Hall–Kier alpha value is -1.34. The van der Waals surface area contributed by atoms with E-state index < -0.39 is 0 Å². The van der Waals surface area contributed by atoms with E-state index in [9.17, 15) is 4.79 Å². The SMILES string of the molecule is CCNC(=NCCCOC1CCOC1)NCCNC(=O)C(C)C. The molecule has 7 heteroatoms. The second-order valence-corrected chi connectivity index (χ2v) is 5.84. The molecule has 1 aliphatic heterocycles. The fourth-order valence-electron chi connectivity index (χ4n) is 2.06. The van der Waals surface area contributed by atoms with Crippen molar-refractivity contribution < 1.29 is 14.3 Å². The highest BCUT2D eigenvalue weighted by atomic mass is 16.5. The number of aliphatic imine (C=N–C) groups is 1. The number of hydrogen-bond donors (Lipinski definition) is 3. The largest absolute Gasteiger partial charge is 0.379 e. The number of nitrogens with zero attached hydrogens (tertiary/aromatic N) is 1. The Morgan fingerprint density at radius 2 is 2.09 bits per heavy atom. The van der Waals surface area contributed by atoms with Gasteiger partial charge in [-0.05, 0) is 19.8 Å². The molecule has 1 rings (SSSR count). The second kappa shape index (κ2) is 12.1. The number of nitrogens with one attached hydrogen (secondary N) is 3. The molecule has 0 aromatic carbocycles. The smallest absolute Gasteiger partial charge is 0.222 e. The lowest BCUT2D eigenvalue weighted by atomic mass is 10.2. The summed E-state index contributed by atoms with van der Waals surface area (Å²) in [6.07, 6.45) is 2.14. The van der Waals surface area contributed by atoms with Crippen molar-refractivity contribution in [1.82, 2.24) is 16.0 Å². The Bertz CT molecular complexity index is 355. The van der Waals surface area contributed by atoms with E-state index in [-0.39, 0.29) is 17.9 Å². The maximum atomic E-state index is 11.5. The van der Waals surface area contributed by atoms with Crippen LogP contribution in [0.2, 0.25) is 0 Å². The third kappa shape index (κ3) is 9.40. The lowest BCUT2D eigenvalue weighted by Gasteiger charge is -2.13. The van der Waals surface area contributed by atoms with Crippen LogP contribution in [0.1, 0.15) is 33.6 Å². The third-order valence-corrected chi connectivity index (χ3v) is 3.40. The molecular weight excluding hydrogens is 296 g/mol. The number of ether oxygens (including phenoxy) is 2. The average molecular weight is 328 g/mol. The zero-order valence-electron chi connectivity index (χ0n) is 14.7. The van der Waals surface area contributed by atoms with Crippen molar-refractivity contribution in [1.29, 1.82) is 0 Å². The lowest BCUT2D eigenvalue weighted by Crippen LogP contribution is -2.42. The monoisotopic (exact) mass is 328 g/mol. The summed E-state index contributed by atoms with van der Waals surface area (Å²) in [6.45, 7) is 10.8. The van der Waals surface area contributed by atoms with Crippen LogP contribution >= 0.6 is 0 Å². The highest BCUT2D eigenvalue weighted by Crippen LogP contribution is 2.07. The van der Waals surface area contributed by atoms with Crippen LogP contribution in [0.5, 0.6) is 0 Å². The van der Waals surface area contributed by atoms with E-state index in [0.717, 1.165) is 38.6 Å². The molecule has 7 nitrogen and oxygen atoms in total. The van der Waals surface area contributed by atoms with Gasteiger partial charge in [-0.25, -0.2) is 0 Å². The Labute approximate surface area is 139 Å². The van der Waals surface area contributed by atoms with E-state index in [0.29, 0.717) is 26.2 Å². The molecule has 134 valence electrons. The lowest BCUT2D eigenvalue weighted by molar-refractivity contribution is -0.123. The highest BCUT2D eigenvalue weighted by molar-refractivity contribution is 5.80. The van der Waals surface area contributed by atoms with Gasteiger partial charge in [-0.15, -0.1) is 0 Å². The summed E-state index contributed by atoms with van der Waals surface area (Å²) >= 11 is 0. The van der Waals surface area contributed by atoms with Gasteiger partial charge < -0.3 is 25.4 Å². The molecule has 1 aliphatic rings. The molecule has 1 unspecified atom stereocenters. The first-order valence-electron chi connectivity index (χ1n) is 8.62. The van der Waals surface area contributed by atoms with Gasteiger partial charge in [-0.3, -0.25) is 9.79 Å². The van der Waals surface area contributed by atoms with Crippen molar-refractivity contribution in [3.8, 4) is 0 Å². The van der Waals surface area contributed by atoms with Gasteiger partial charge in [0.1, 0.15) is 0 Å². The molecule has 23 heavy (non-hydrogen) atoms. The van der Waals surface area contributed by atoms with Gasteiger partial charge in [0, 0.05) is 45.3 Å². The van der Waals surface area contributed by atoms with E-state index in [1.807, 2.05) is 20.8 Å². The zero-order chi connectivity index (χ0) is 16.9. The highest BCUT2D eigenvalue weighted by Gasteiger charge is 2.15. The van der Waals surface area contributed by atoms with Gasteiger partial charge in [0.25, 0.3) is 0 Å². The molecule has 1 fully saturated rings. The van der Waals surface area contributed by atoms with Crippen LogP contribution in [0.25, 0.3) is 0 Å². The molecule has 3 N–H and O–H groups in total. The van der Waals surface area contributed by atoms with Gasteiger partial charge >= 0.3 is 0 Å². The predicted octanol–water partition coefficient (Wildman–Crippen LogP) is 0.509. The quantitative estimate of drug-likeness (QED) is 0.309. The summed E-state index contributed by atoms with van der Waals surface area (Å²) in [7, 11) is 0. The first-order chi connectivity index (χ1) is 11.1. The van der Waals surface area contributed by atoms with E-state index >= 15 is 0 Å². The Kier molecular flexibility index (Phi) is 10.4. The molecule has 1 atom stereocenters. The van der Waals surface area contributed by atoms with Gasteiger partial charge in [0.15, 0.2) is 5.96 Å². The maximum Gasteiger partial charge on any atom is 0.222 e. The molecule has 0 spiro atoms. The van der Waals surface area contributed by atoms with E-state index in [1.54, 1.807) is 0 Å². The number of rotatable bonds is 10. The minimum absolute atomic E-state index is 0.0159. The van der Waals surface area contributed by atoms with Gasteiger partial charge in [0.05, 0.1) is 12.7 Å². The summed E-state index contributed by atoms with van der Waals surface area (Å²) in [4.78, 5) is 16.0. The number of hydrogen-bond acceptors (Lipinski definition) is 4. The molecule has 0 aliphatic carbocycles. The fraction of sp³-hybridized carbons (Fsp3) is 0.875. The maximum absolute atomic E-state index is 11.5. The van der Waals surface area contributed by atoms with Crippen molar-refractivity contribution in [2.45, 2.75) is 39.7 Å². The molecule has 0 radical (unpaired) electrons. The van der Waals surface area contributed by atoms with Crippen LogP contribution in [0.15, 0.2) is 4.99 Å². The molecule has 0 saturated carbocycles. The first-order valence-corrected chi connectivity index (χ1v) is 8.62. The van der Waals surface area contributed by atoms with Crippen LogP contribution < -0.4 is 16.0 Å². The Morgan fingerprint density at radius 1 is 1.30 bits per heavy atom. The topological polar surface area (TPSA) is 84.0 Å². The van der Waals surface area contributed by atoms with Crippen molar-refractivity contribution in [2.24, 2.45) is 10.9 Å². The summed E-state index contributed by atoms with van der Waals surface area (Å²) in [5.74, 6) is 0.861. The minimum atomic E-state index is 0.0159. The standard InChI is InChI=1S/C16H32N4O3/c1-4-17-16(20-9-8-18-15(21)13(2)3)19-7-5-10-23-14-6-11-22-12-14/h13-14H,4-12H2,1-3H3,(H,18,21)(H2,17,19,20). The summed E-state index contributed by atoms with van der Waals surface area (Å²) < 4.78 is 11.0. The second-order valence-electron chi connectivity index (χ2n) is 5.84. The van der Waals surface area contributed by atoms with Gasteiger partial charge in [-0.2, -0.15) is 0 Å². The van der Waals surface area contributed by atoms with Crippen LogP contribution in [-0.4, -0.2) is 64.0 Å². The molecule has 1 heterocycles. The van der Waals surface area contributed by atoms with Crippen molar-refractivity contribution in [3.63, 3.8) is 0 Å². The normalized spacial score (nSPS) is 18.3. The van der Waals surface area contributed by atoms with Crippen molar-refractivity contribution >= 4 is 11.9 Å². The summed E-state index contributed by atoms with van der Waals surface area (Å²) in [6, 6.07) is 0. The van der Waals surface area contributed by atoms with Crippen molar-refractivity contribution in [3.05, 3.63) is 0 Å². The fourth-order valence-corrected chi connectivity index (χ4v) is 2.06. The zero-order valence-corrected chi connectivity index (χ0v) is 14.7. The number of guanidine groups is 1.